The van der Waals surface area contributed by atoms with Crippen LogP contribution in [0.1, 0.15) is 29.3 Å². The molecule has 96 valence electrons. The van der Waals surface area contributed by atoms with Gasteiger partial charge in [0.25, 0.3) is 0 Å². The summed E-state index contributed by atoms with van der Waals surface area (Å²) in [7, 11) is 0. The van der Waals surface area contributed by atoms with Gasteiger partial charge in [0, 0.05) is 5.69 Å². The number of esters is 1. The monoisotopic (exact) mass is 264 g/mol. The molecule has 0 saturated heterocycles. The van der Waals surface area contributed by atoms with Gasteiger partial charge in [-0.2, -0.15) is 5.26 Å². The Morgan fingerprint density at radius 3 is 2.61 bits per heavy atom. The number of thioether (sulfide) groups is 1. The molecule has 0 aliphatic carbocycles. The molecule has 0 amide bonds. The molecule has 4 nitrogen and oxygen atoms in total. The Kier molecular flexibility index (Phi) is 5.17. The van der Waals surface area contributed by atoms with Crippen LogP contribution in [0.3, 0.4) is 0 Å². The Balaban J connectivity index is 2.96. The third-order valence-corrected chi connectivity index (χ3v) is 3.66. The number of carbonyl (C=O) groups excluding carboxylic acids is 1. The highest BCUT2D eigenvalue weighted by Crippen LogP contribution is 2.26. The van der Waals surface area contributed by atoms with Gasteiger partial charge < -0.3 is 4.74 Å². The molecule has 0 aliphatic heterocycles. The maximum Gasteiger partial charge on any atom is 0.316 e. The summed E-state index contributed by atoms with van der Waals surface area (Å²) in [6.07, 6.45) is 0. The average molecular weight is 264 g/mol. The number of nitriles is 1. The van der Waals surface area contributed by atoms with Crippen molar-refractivity contribution in [1.82, 2.24) is 4.98 Å². The summed E-state index contributed by atoms with van der Waals surface area (Å²) in [6.45, 7) is 7.87. The average Bonchev–Trinajstić information content (AvgIpc) is 2.34. The fraction of sp³-hybridized carbons (Fsp3) is 0.462. The fourth-order valence-corrected chi connectivity index (χ4v) is 2.36. The second-order valence-electron chi connectivity index (χ2n) is 3.83. The third kappa shape index (κ3) is 3.23. The van der Waals surface area contributed by atoms with Gasteiger partial charge in [0.1, 0.15) is 11.1 Å². The Morgan fingerprint density at radius 1 is 1.39 bits per heavy atom. The van der Waals surface area contributed by atoms with Crippen molar-refractivity contribution < 1.29 is 9.53 Å². The zero-order valence-corrected chi connectivity index (χ0v) is 11.8. The minimum Gasteiger partial charge on any atom is -0.465 e. The first kappa shape index (κ1) is 14.5. The normalized spacial score (nSPS) is 9.94. The quantitative estimate of drug-likeness (QED) is 0.617. The molecule has 0 unspecified atom stereocenters. The van der Waals surface area contributed by atoms with Crippen molar-refractivity contribution >= 4 is 17.7 Å². The highest BCUT2D eigenvalue weighted by atomic mass is 32.2. The Hall–Kier alpha value is -1.54. The summed E-state index contributed by atoms with van der Waals surface area (Å²) in [4.78, 5) is 15.7. The van der Waals surface area contributed by atoms with Gasteiger partial charge in [0.15, 0.2) is 0 Å². The lowest BCUT2D eigenvalue weighted by Gasteiger charge is -2.10. The van der Waals surface area contributed by atoms with Gasteiger partial charge in [-0.3, -0.25) is 4.79 Å². The highest BCUT2D eigenvalue weighted by Gasteiger charge is 2.14. The summed E-state index contributed by atoms with van der Waals surface area (Å²) < 4.78 is 4.85. The van der Waals surface area contributed by atoms with Gasteiger partial charge in [-0.05, 0) is 38.8 Å². The molecule has 5 heteroatoms. The van der Waals surface area contributed by atoms with E-state index in [4.69, 9.17) is 10.00 Å². The molecule has 0 saturated carbocycles. The number of hydrogen-bond donors (Lipinski definition) is 0. The van der Waals surface area contributed by atoms with Crippen molar-refractivity contribution in [2.45, 2.75) is 32.7 Å². The van der Waals surface area contributed by atoms with Crippen LogP contribution in [0.2, 0.25) is 0 Å². The smallest absolute Gasteiger partial charge is 0.316 e. The zero-order chi connectivity index (χ0) is 13.7. The van der Waals surface area contributed by atoms with E-state index in [1.807, 2.05) is 20.8 Å². The van der Waals surface area contributed by atoms with E-state index in [9.17, 15) is 4.79 Å². The second kappa shape index (κ2) is 6.41. The van der Waals surface area contributed by atoms with Gasteiger partial charge in [0.05, 0.1) is 17.9 Å². The molecule has 0 fully saturated rings. The largest absolute Gasteiger partial charge is 0.465 e. The summed E-state index contributed by atoms with van der Waals surface area (Å²) in [5.74, 6) is -0.110. The molecule has 0 spiro atoms. The predicted octanol–water partition coefficient (Wildman–Crippen LogP) is 2.53. The lowest BCUT2D eigenvalue weighted by atomic mass is 10.1. The number of hydrogen-bond acceptors (Lipinski definition) is 5. The Morgan fingerprint density at radius 2 is 2.06 bits per heavy atom. The van der Waals surface area contributed by atoms with E-state index in [2.05, 4.69) is 11.1 Å². The van der Waals surface area contributed by atoms with Crippen LogP contribution in [0.5, 0.6) is 0 Å². The third-order valence-electron chi connectivity index (χ3n) is 2.71. The summed E-state index contributed by atoms with van der Waals surface area (Å²) in [5.41, 5.74) is 3.38. The second-order valence-corrected chi connectivity index (χ2v) is 4.80. The lowest BCUT2D eigenvalue weighted by Crippen LogP contribution is -2.08. The van der Waals surface area contributed by atoms with Crippen LogP contribution < -0.4 is 0 Å². The molecule has 0 aliphatic rings. The van der Waals surface area contributed by atoms with Crippen LogP contribution in [-0.4, -0.2) is 23.3 Å². The summed E-state index contributed by atoms with van der Waals surface area (Å²) >= 11 is 1.25. The molecule has 0 bridgehead atoms. The predicted molar refractivity (Wildman–Crippen MR) is 70.5 cm³/mol. The van der Waals surface area contributed by atoms with Crippen molar-refractivity contribution in [3.8, 4) is 6.07 Å². The molecule has 0 aromatic carbocycles. The number of nitrogens with zero attached hydrogens (tertiary/aromatic N) is 2. The fourth-order valence-electron chi connectivity index (χ4n) is 1.48. The lowest BCUT2D eigenvalue weighted by molar-refractivity contribution is -0.139. The Bertz CT molecular complexity index is 507. The molecule has 1 heterocycles. The molecular formula is C13H16N2O2S. The van der Waals surface area contributed by atoms with Crippen molar-refractivity contribution in [2.24, 2.45) is 0 Å². The molecule has 1 aromatic heterocycles. The van der Waals surface area contributed by atoms with Gasteiger partial charge in [-0.1, -0.05) is 11.8 Å². The molecular weight excluding hydrogens is 248 g/mol. The van der Waals surface area contributed by atoms with Crippen LogP contribution in [0, 0.1) is 32.1 Å². The zero-order valence-electron chi connectivity index (χ0n) is 11.0. The van der Waals surface area contributed by atoms with E-state index in [-0.39, 0.29) is 11.7 Å². The SMILES string of the molecule is CCOC(=O)CSc1nc(C)c(C)c(C)c1C#N. The molecule has 0 N–H and O–H groups in total. The maximum atomic E-state index is 11.3. The first-order chi connectivity index (χ1) is 8.51. The first-order valence-corrected chi connectivity index (χ1v) is 6.66. The van der Waals surface area contributed by atoms with Crippen molar-refractivity contribution in [2.75, 3.05) is 12.4 Å². The maximum absolute atomic E-state index is 11.3. The van der Waals surface area contributed by atoms with E-state index >= 15 is 0 Å². The van der Waals surface area contributed by atoms with Crippen molar-refractivity contribution in [3.05, 3.63) is 22.4 Å². The van der Waals surface area contributed by atoms with Crippen LogP contribution in [0.4, 0.5) is 0 Å². The van der Waals surface area contributed by atoms with Crippen LogP contribution in [0.15, 0.2) is 5.03 Å². The highest BCUT2D eigenvalue weighted by molar-refractivity contribution is 7.99. The topological polar surface area (TPSA) is 63.0 Å². The van der Waals surface area contributed by atoms with E-state index in [0.29, 0.717) is 17.2 Å². The number of carbonyl (C=O) groups is 1. The van der Waals surface area contributed by atoms with Gasteiger partial charge in [-0.15, -0.1) is 0 Å². The summed E-state index contributed by atoms with van der Waals surface area (Å²) in [6, 6.07) is 2.15. The van der Waals surface area contributed by atoms with Gasteiger partial charge in [0.2, 0.25) is 0 Å². The van der Waals surface area contributed by atoms with E-state index in [1.54, 1.807) is 6.92 Å². The van der Waals surface area contributed by atoms with Crippen LogP contribution in [-0.2, 0) is 9.53 Å². The number of aryl methyl sites for hydroxylation is 1. The molecule has 0 atom stereocenters. The first-order valence-electron chi connectivity index (χ1n) is 5.67. The van der Waals surface area contributed by atoms with Gasteiger partial charge >= 0.3 is 5.97 Å². The molecule has 1 rings (SSSR count). The Labute approximate surface area is 111 Å². The van der Waals surface area contributed by atoms with Crippen LogP contribution in [0.25, 0.3) is 0 Å². The number of ether oxygens (including phenoxy) is 1. The minimum atomic E-state index is -0.288. The van der Waals surface area contributed by atoms with Crippen LogP contribution >= 0.6 is 11.8 Å². The molecule has 18 heavy (non-hydrogen) atoms. The van der Waals surface area contributed by atoms with Crippen molar-refractivity contribution in [3.63, 3.8) is 0 Å². The van der Waals surface area contributed by atoms with E-state index in [1.165, 1.54) is 11.8 Å². The number of pyridine rings is 1. The standard InChI is InChI=1S/C13H16N2O2S/c1-5-17-12(16)7-18-13-11(6-14)9(3)8(2)10(4)15-13/h5,7H2,1-4H3. The van der Waals surface area contributed by atoms with E-state index in [0.717, 1.165) is 16.8 Å². The number of aromatic nitrogens is 1. The van der Waals surface area contributed by atoms with E-state index < -0.39 is 0 Å². The van der Waals surface area contributed by atoms with Gasteiger partial charge in [-0.25, -0.2) is 4.98 Å². The number of rotatable bonds is 4. The minimum absolute atomic E-state index is 0.178. The molecule has 0 radical (unpaired) electrons. The molecule has 1 aromatic rings. The van der Waals surface area contributed by atoms with Crippen molar-refractivity contribution in [1.29, 1.82) is 5.26 Å². The summed E-state index contributed by atoms with van der Waals surface area (Å²) in [5, 5.41) is 9.77.